The van der Waals surface area contributed by atoms with Gasteiger partial charge in [0.25, 0.3) is 0 Å². The van der Waals surface area contributed by atoms with Gasteiger partial charge in [-0.2, -0.15) is 5.10 Å². The number of aryl methyl sites for hydroxylation is 2. The van der Waals surface area contributed by atoms with Gasteiger partial charge in [0.2, 0.25) is 0 Å². The SMILES string of the molecule is CN=C(NCc1c(C)nn(C)c1C)NCC1CCN(CCOC)CC1.I. The first-order chi connectivity index (χ1) is 12.0. The zero-order valence-corrected chi connectivity index (χ0v) is 19.2. The number of rotatable bonds is 7. The highest BCUT2D eigenvalue weighted by atomic mass is 127. The van der Waals surface area contributed by atoms with Crippen LogP contribution in [0.1, 0.15) is 29.8 Å². The first kappa shape index (κ1) is 23.2. The average Bonchev–Trinajstić information content (AvgIpc) is 2.86. The predicted octanol–water partition coefficient (Wildman–Crippen LogP) is 1.68. The van der Waals surface area contributed by atoms with E-state index >= 15 is 0 Å². The molecule has 150 valence electrons. The molecule has 0 saturated carbocycles. The zero-order valence-electron chi connectivity index (χ0n) is 16.8. The summed E-state index contributed by atoms with van der Waals surface area (Å²) >= 11 is 0. The number of hydrogen-bond acceptors (Lipinski definition) is 4. The van der Waals surface area contributed by atoms with Crippen molar-refractivity contribution in [3.63, 3.8) is 0 Å². The van der Waals surface area contributed by atoms with Crippen LogP contribution in [-0.2, 0) is 18.3 Å². The maximum Gasteiger partial charge on any atom is 0.191 e. The van der Waals surface area contributed by atoms with Gasteiger partial charge in [0.1, 0.15) is 0 Å². The fraction of sp³-hybridized carbons (Fsp3) is 0.778. The van der Waals surface area contributed by atoms with Crippen LogP contribution in [0.25, 0.3) is 0 Å². The summed E-state index contributed by atoms with van der Waals surface area (Å²) in [5, 5.41) is 11.4. The molecule has 0 bridgehead atoms. The van der Waals surface area contributed by atoms with E-state index in [1.54, 1.807) is 7.11 Å². The number of ether oxygens (including phenoxy) is 1. The Balaban J connectivity index is 0.00000338. The van der Waals surface area contributed by atoms with Crippen LogP contribution in [0.2, 0.25) is 0 Å². The van der Waals surface area contributed by atoms with Gasteiger partial charge in [-0.25, -0.2) is 0 Å². The van der Waals surface area contributed by atoms with E-state index in [0.29, 0.717) is 5.92 Å². The van der Waals surface area contributed by atoms with Gasteiger partial charge >= 0.3 is 0 Å². The Morgan fingerprint density at radius 1 is 1.27 bits per heavy atom. The average molecular weight is 478 g/mol. The summed E-state index contributed by atoms with van der Waals surface area (Å²) < 4.78 is 7.09. The lowest BCUT2D eigenvalue weighted by Gasteiger charge is -2.32. The first-order valence-corrected chi connectivity index (χ1v) is 9.20. The minimum absolute atomic E-state index is 0. The van der Waals surface area contributed by atoms with Crippen LogP contribution in [0.3, 0.4) is 0 Å². The van der Waals surface area contributed by atoms with Gasteiger partial charge in [-0.15, -0.1) is 24.0 Å². The summed E-state index contributed by atoms with van der Waals surface area (Å²) in [6, 6.07) is 0. The van der Waals surface area contributed by atoms with Crippen molar-refractivity contribution in [2.75, 3.05) is 46.9 Å². The molecular weight excluding hydrogens is 443 g/mol. The monoisotopic (exact) mass is 478 g/mol. The van der Waals surface area contributed by atoms with Gasteiger partial charge in [-0.05, 0) is 45.7 Å². The van der Waals surface area contributed by atoms with Crippen LogP contribution < -0.4 is 10.6 Å². The quantitative estimate of drug-likeness (QED) is 0.355. The largest absolute Gasteiger partial charge is 0.383 e. The first-order valence-electron chi connectivity index (χ1n) is 9.20. The Hall–Kier alpha value is -0.870. The Morgan fingerprint density at radius 3 is 2.50 bits per heavy atom. The maximum atomic E-state index is 5.16. The van der Waals surface area contributed by atoms with Gasteiger partial charge in [0.05, 0.1) is 12.3 Å². The number of likely N-dealkylation sites (tertiary alicyclic amines) is 1. The molecule has 2 N–H and O–H groups in total. The molecule has 0 radical (unpaired) electrons. The van der Waals surface area contributed by atoms with Crippen molar-refractivity contribution in [3.05, 3.63) is 17.0 Å². The normalized spacial score (nSPS) is 16.4. The smallest absolute Gasteiger partial charge is 0.191 e. The molecule has 0 unspecified atom stereocenters. The second-order valence-electron chi connectivity index (χ2n) is 6.86. The number of aliphatic imine (C=N–C) groups is 1. The third kappa shape index (κ3) is 6.70. The minimum Gasteiger partial charge on any atom is -0.383 e. The summed E-state index contributed by atoms with van der Waals surface area (Å²) in [5.74, 6) is 1.57. The van der Waals surface area contributed by atoms with Crippen molar-refractivity contribution in [2.24, 2.45) is 18.0 Å². The highest BCUT2D eigenvalue weighted by molar-refractivity contribution is 14.0. The number of hydrogen-bond donors (Lipinski definition) is 2. The Labute approximate surface area is 175 Å². The van der Waals surface area contributed by atoms with Crippen molar-refractivity contribution >= 4 is 29.9 Å². The van der Waals surface area contributed by atoms with Crippen molar-refractivity contribution in [1.29, 1.82) is 0 Å². The van der Waals surface area contributed by atoms with Crippen LogP contribution >= 0.6 is 24.0 Å². The van der Waals surface area contributed by atoms with Gasteiger partial charge in [-0.1, -0.05) is 0 Å². The van der Waals surface area contributed by atoms with Crippen LogP contribution in [0.4, 0.5) is 0 Å². The second-order valence-corrected chi connectivity index (χ2v) is 6.86. The number of methoxy groups -OCH3 is 1. The highest BCUT2D eigenvalue weighted by Gasteiger charge is 2.19. The highest BCUT2D eigenvalue weighted by Crippen LogP contribution is 2.16. The number of guanidine groups is 1. The lowest BCUT2D eigenvalue weighted by molar-refractivity contribution is 0.121. The van der Waals surface area contributed by atoms with Crippen LogP contribution in [-0.4, -0.2) is 67.6 Å². The standard InChI is InChI=1S/C18H34N6O.HI/c1-14-17(15(2)23(4)22-14)13-21-18(19-3)20-12-16-6-8-24(9-7-16)10-11-25-5;/h16H,6-13H2,1-5H3,(H2,19,20,21);1H. The van der Waals surface area contributed by atoms with E-state index in [9.17, 15) is 0 Å². The van der Waals surface area contributed by atoms with E-state index < -0.39 is 0 Å². The summed E-state index contributed by atoms with van der Waals surface area (Å²) in [6.07, 6.45) is 2.46. The third-order valence-corrected chi connectivity index (χ3v) is 5.19. The van der Waals surface area contributed by atoms with Crippen LogP contribution in [0.5, 0.6) is 0 Å². The van der Waals surface area contributed by atoms with Gasteiger partial charge < -0.3 is 20.3 Å². The Kier molecular flexibility index (Phi) is 10.5. The number of aromatic nitrogens is 2. The fourth-order valence-electron chi connectivity index (χ4n) is 3.34. The molecule has 1 fully saturated rings. The molecule has 8 heteroatoms. The van der Waals surface area contributed by atoms with Crippen molar-refractivity contribution in [3.8, 4) is 0 Å². The molecule has 0 spiro atoms. The molecule has 1 saturated heterocycles. The fourth-order valence-corrected chi connectivity index (χ4v) is 3.34. The third-order valence-electron chi connectivity index (χ3n) is 5.19. The van der Waals surface area contributed by atoms with Crippen molar-refractivity contribution in [2.45, 2.75) is 33.2 Å². The Bertz CT molecular complexity index is 566. The van der Waals surface area contributed by atoms with E-state index in [1.165, 1.54) is 24.1 Å². The zero-order chi connectivity index (χ0) is 18.2. The van der Waals surface area contributed by atoms with Crippen molar-refractivity contribution < 1.29 is 4.74 Å². The minimum atomic E-state index is 0. The van der Waals surface area contributed by atoms with E-state index in [2.05, 4.69) is 39.5 Å². The predicted molar refractivity (Wildman–Crippen MR) is 117 cm³/mol. The Morgan fingerprint density at radius 2 is 1.96 bits per heavy atom. The number of halogens is 1. The molecule has 1 aliphatic rings. The number of piperidine rings is 1. The van der Waals surface area contributed by atoms with Crippen LogP contribution in [0.15, 0.2) is 4.99 Å². The molecular formula is C18H35IN6O. The van der Waals surface area contributed by atoms with E-state index in [4.69, 9.17) is 4.74 Å². The maximum absolute atomic E-state index is 5.16. The summed E-state index contributed by atoms with van der Waals surface area (Å²) in [4.78, 5) is 6.84. The lowest BCUT2D eigenvalue weighted by atomic mass is 9.97. The molecule has 1 aromatic heterocycles. The van der Waals surface area contributed by atoms with Gasteiger partial charge in [0, 0.05) is 52.1 Å². The molecule has 2 heterocycles. The topological polar surface area (TPSA) is 66.7 Å². The van der Waals surface area contributed by atoms with E-state index in [0.717, 1.165) is 51.0 Å². The molecule has 0 aliphatic carbocycles. The molecule has 0 atom stereocenters. The lowest BCUT2D eigenvalue weighted by Crippen LogP contribution is -2.43. The summed E-state index contributed by atoms with van der Waals surface area (Å²) in [6.45, 7) is 10.1. The van der Waals surface area contributed by atoms with Gasteiger partial charge in [0.15, 0.2) is 5.96 Å². The molecule has 0 aromatic carbocycles. The number of nitrogens with zero attached hydrogens (tertiary/aromatic N) is 4. The molecule has 7 nitrogen and oxygen atoms in total. The van der Waals surface area contributed by atoms with E-state index in [-0.39, 0.29) is 24.0 Å². The molecule has 1 aliphatic heterocycles. The van der Waals surface area contributed by atoms with Crippen LogP contribution in [0, 0.1) is 19.8 Å². The second kappa shape index (κ2) is 11.8. The molecule has 0 amide bonds. The number of nitrogens with one attached hydrogen (secondary N) is 2. The molecule has 26 heavy (non-hydrogen) atoms. The molecule has 1 aromatic rings. The molecule has 2 rings (SSSR count). The van der Waals surface area contributed by atoms with Gasteiger partial charge in [-0.3, -0.25) is 9.67 Å². The van der Waals surface area contributed by atoms with Crippen molar-refractivity contribution in [1.82, 2.24) is 25.3 Å². The van der Waals surface area contributed by atoms with E-state index in [1.807, 2.05) is 18.8 Å². The summed E-state index contributed by atoms with van der Waals surface area (Å²) in [7, 11) is 5.58. The summed E-state index contributed by atoms with van der Waals surface area (Å²) in [5.41, 5.74) is 3.52.